The fourth-order valence-electron chi connectivity index (χ4n) is 3.10. The summed E-state index contributed by atoms with van der Waals surface area (Å²) >= 11 is 3.34. The van der Waals surface area contributed by atoms with Gasteiger partial charge in [0.05, 0.1) is 6.54 Å². The molecular formula is C16H17BrN2O3. The Bertz CT molecular complexity index is 608. The number of halogens is 1. The Balaban J connectivity index is 1.77. The molecule has 1 saturated heterocycles. The van der Waals surface area contributed by atoms with Crippen molar-refractivity contribution in [3.8, 4) is 0 Å². The van der Waals surface area contributed by atoms with Crippen LogP contribution in [0.3, 0.4) is 0 Å². The number of amides is 4. The van der Waals surface area contributed by atoms with Crippen LogP contribution in [0.15, 0.2) is 28.7 Å². The van der Waals surface area contributed by atoms with E-state index in [2.05, 4.69) is 15.9 Å². The third-order valence-corrected chi connectivity index (χ3v) is 4.81. The Kier molecular flexibility index (Phi) is 4.29. The standard InChI is InChI=1S/C16H17BrN2O3/c17-12-8-6-11(7-9-12)10-18-14(20)15(21)19(16(18)22)13-4-2-1-3-5-13/h6-9,13H,1-5,10H2. The van der Waals surface area contributed by atoms with Crippen LogP contribution in [-0.2, 0) is 16.1 Å². The van der Waals surface area contributed by atoms with Crippen molar-refractivity contribution >= 4 is 33.8 Å². The van der Waals surface area contributed by atoms with Crippen molar-refractivity contribution in [3.63, 3.8) is 0 Å². The van der Waals surface area contributed by atoms with Crippen molar-refractivity contribution in [2.75, 3.05) is 0 Å². The zero-order valence-corrected chi connectivity index (χ0v) is 13.7. The van der Waals surface area contributed by atoms with Gasteiger partial charge in [0, 0.05) is 10.5 Å². The summed E-state index contributed by atoms with van der Waals surface area (Å²) in [5, 5.41) is 0. The van der Waals surface area contributed by atoms with Crippen LogP contribution < -0.4 is 0 Å². The molecule has 5 nitrogen and oxygen atoms in total. The van der Waals surface area contributed by atoms with E-state index in [4.69, 9.17) is 0 Å². The van der Waals surface area contributed by atoms with Gasteiger partial charge in [0.2, 0.25) is 0 Å². The van der Waals surface area contributed by atoms with Gasteiger partial charge in [0.15, 0.2) is 0 Å². The Labute approximate surface area is 137 Å². The summed E-state index contributed by atoms with van der Waals surface area (Å²) in [4.78, 5) is 39.1. The average molecular weight is 365 g/mol. The highest BCUT2D eigenvalue weighted by Gasteiger charge is 2.47. The predicted octanol–water partition coefficient (Wildman–Crippen LogP) is 3.07. The highest BCUT2D eigenvalue weighted by molar-refractivity contribution is 9.10. The van der Waals surface area contributed by atoms with Gasteiger partial charge in [0.25, 0.3) is 0 Å². The van der Waals surface area contributed by atoms with Crippen molar-refractivity contribution in [2.45, 2.75) is 44.7 Å². The highest BCUT2D eigenvalue weighted by atomic mass is 79.9. The lowest BCUT2D eigenvalue weighted by atomic mass is 9.94. The summed E-state index contributed by atoms with van der Waals surface area (Å²) in [6.07, 6.45) is 4.74. The fraction of sp³-hybridized carbons (Fsp3) is 0.438. The molecule has 116 valence electrons. The molecular weight excluding hydrogens is 348 g/mol. The second-order valence-corrected chi connectivity index (χ2v) is 6.68. The molecule has 1 aliphatic carbocycles. The maximum Gasteiger partial charge on any atom is 0.334 e. The van der Waals surface area contributed by atoms with Gasteiger partial charge in [0.1, 0.15) is 0 Å². The summed E-state index contributed by atoms with van der Waals surface area (Å²) in [7, 11) is 0. The lowest BCUT2D eigenvalue weighted by molar-refractivity contribution is -0.144. The SMILES string of the molecule is O=C1C(=O)N(C2CCCCC2)C(=O)N1Cc1ccc(Br)cc1. The summed E-state index contributed by atoms with van der Waals surface area (Å²) in [5.41, 5.74) is 0.822. The number of nitrogens with zero attached hydrogens (tertiary/aromatic N) is 2. The summed E-state index contributed by atoms with van der Waals surface area (Å²) in [6.45, 7) is 0.139. The molecule has 0 N–H and O–H groups in total. The van der Waals surface area contributed by atoms with Crippen molar-refractivity contribution in [1.82, 2.24) is 9.80 Å². The van der Waals surface area contributed by atoms with Crippen LogP contribution >= 0.6 is 15.9 Å². The first-order chi connectivity index (χ1) is 10.6. The minimum absolute atomic E-state index is 0.118. The van der Waals surface area contributed by atoms with Crippen LogP contribution in [0.25, 0.3) is 0 Å². The molecule has 0 aromatic heterocycles. The van der Waals surface area contributed by atoms with Crippen LogP contribution in [0.5, 0.6) is 0 Å². The van der Waals surface area contributed by atoms with Gasteiger partial charge >= 0.3 is 17.8 Å². The average Bonchev–Trinajstić information content (AvgIpc) is 2.74. The van der Waals surface area contributed by atoms with Crippen molar-refractivity contribution in [1.29, 1.82) is 0 Å². The van der Waals surface area contributed by atoms with Crippen LogP contribution in [-0.4, -0.2) is 33.7 Å². The largest absolute Gasteiger partial charge is 0.334 e. The number of imide groups is 2. The zero-order valence-electron chi connectivity index (χ0n) is 12.1. The maximum absolute atomic E-state index is 12.5. The van der Waals surface area contributed by atoms with E-state index in [9.17, 15) is 14.4 Å². The molecule has 6 heteroatoms. The minimum Gasteiger partial charge on any atom is -0.263 e. The van der Waals surface area contributed by atoms with Crippen LogP contribution in [0.4, 0.5) is 4.79 Å². The molecule has 0 unspecified atom stereocenters. The Morgan fingerprint density at radius 1 is 0.955 bits per heavy atom. The van der Waals surface area contributed by atoms with E-state index in [1.165, 1.54) is 4.90 Å². The second-order valence-electron chi connectivity index (χ2n) is 5.77. The van der Waals surface area contributed by atoms with Crippen LogP contribution in [0.1, 0.15) is 37.7 Å². The van der Waals surface area contributed by atoms with Gasteiger partial charge < -0.3 is 0 Å². The molecule has 3 rings (SSSR count). The topological polar surface area (TPSA) is 57.7 Å². The summed E-state index contributed by atoms with van der Waals surface area (Å²) < 4.78 is 0.926. The molecule has 2 aliphatic rings. The number of hydrogen-bond acceptors (Lipinski definition) is 3. The molecule has 1 saturated carbocycles. The molecule has 4 amide bonds. The maximum atomic E-state index is 12.5. The molecule has 1 aromatic rings. The third kappa shape index (κ3) is 2.79. The predicted molar refractivity (Wildman–Crippen MR) is 83.8 cm³/mol. The number of hydrogen-bond donors (Lipinski definition) is 0. The van der Waals surface area contributed by atoms with Gasteiger partial charge in [-0.1, -0.05) is 47.3 Å². The lowest BCUT2D eigenvalue weighted by Gasteiger charge is -2.28. The Morgan fingerprint density at radius 2 is 1.59 bits per heavy atom. The van der Waals surface area contributed by atoms with Crippen molar-refractivity contribution < 1.29 is 14.4 Å². The van der Waals surface area contributed by atoms with Crippen molar-refractivity contribution in [3.05, 3.63) is 34.3 Å². The first kappa shape index (κ1) is 15.2. The number of carbonyl (C=O) groups excluding carboxylic acids is 3. The van der Waals surface area contributed by atoms with Crippen molar-refractivity contribution in [2.24, 2.45) is 0 Å². The van der Waals surface area contributed by atoms with E-state index in [0.717, 1.165) is 47.0 Å². The number of rotatable bonds is 3. The smallest absolute Gasteiger partial charge is 0.263 e. The van der Waals surface area contributed by atoms with Gasteiger partial charge in [-0.3, -0.25) is 19.4 Å². The molecule has 0 spiro atoms. The van der Waals surface area contributed by atoms with E-state index < -0.39 is 17.8 Å². The lowest BCUT2D eigenvalue weighted by Crippen LogP contribution is -2.42. The number of benzene rings is 1. The van der Waals surface area contributed by atoms with Gasteiger partial charge in [-0.15, -0.1) is 0 Å². The van der Waals surface area contributed by atoms with Gasteiger partial charge in [-0.25, -0.2) is 4.79 Å². The summed E-state index contributed by atoms with van der Waals surface area (Å²) in [5.74, 6) is -1.38. The van der Waals surface area contributed by atoms with Gasteiger partial charge in [-0.05, 0) is 30.5 Å². The number of urea groups is 1. The van der Waals surface area contributed by atoms with E-state index >= 15 is 0 Å². The van der Waals surface area contributed by atoms with Crippen LogP contribution in [0.2, 0.25) is 0 Å². The molecule has 22 heavy (non-hydrogen) atoms. The molecule has 1 heterocycles. The Hall–Kier alpha value is -1.69. The monoisotopic (exact) mass is 364 g/mol. The number of carbonyl (C=O) groups is 3. The van der Waals surface area contributed by atoms with E-state index in [-0.39, 0.29) is 12.6 Å². The fourth-order valence-corrected chi connectivity index (χ4v) is 3.36. The minimum atomic E-state index is -0.710. The quantitative estimate of drug-likeness (QED) is 0.611. The molecule has 0 radical (unpaired) electrons. The third-order valence-electron chi connectivity index (χ3n) is 4.28. The van der Waals surface area contributed by atoms with E-state index in [1.54, 1.807) is 0 Å². The summed E-state index contributed by atoms with van der Waals surface area (Å²) in [6, 6.07) is 6.77. The normalized spacial score (nSPS) is 20.1. The van der Waals surface area contributed by atoms with E-state index in [1.807, 2.05) is 24.3 Å². The van der Waals surface area contributed by atoms with Crippen LogP contribution in [0, 0.1) is 0 Å². The van der Waals surface area contributed by atoms with E-state index in [0.29, 0.717) is 0 Å². The molecule has 1 aliphatic heterocycles. The molecule has 1 aromatic carbocycles. The van der Waals surface area contributed by atoms with Gasteiger partial charge in [-0.2, -0.15) is 0 Å². The highest BCUT2D eigenvalue weighted by Crippen LogP contribution is 2.27. The Morgan fingerprint density at radius 3 is 2.23 bits per heavy atom. The molecule has 0 atom stereocenters. The first-order valence-electron chi connectivity index (χ1n) is 7.51. The molecule has 0 bridgehead atoms. The first-order valence-corrected chi connectivity index (χ1v) is 8.30. The zero-order chi connectivity index (χ0) is 15.7. The second kappa shape index (κ2) is 6.20. The molecule has 2 fully saturated rings.